The number of nitrogens with one attached hydrogen (secondary N) is 1. The minimum Gasteiger partial charge on any atom is -0.504 e. The van der Waals surface area contributed by atoms with Crippen molar-refractivity contribution in [1.82, 2.24) is 0 Å². The summed E-state index contributed by atoms with van der Waals surface area (Å²) in [6, 6.07) is 10.7. The van der Waals surface area contributed by atoms with Crippen LogP contribution in [0.2, 0.25) is 0 Å². The van der Waals surface area contributed by atoms with Gasteiger partial charge in [-0.2, -0.15) is 0 Å². The summed E-state index contributed by atoms with van der Waals surface area (Å²) in [4.78, 5) is 1.98. The highest BCUT2D eigenvalue weighted by atomic mass is 16.3. The van der Waals surface area contributed by atoms with Crippen molar-refractivity contribution in [3.8, 4) is 17.2 Å². The molecular weight excluding hydrogens is 256 g/mol. The zero-order chi connectivity index (χ0) is 14.7. The third-order valence-electron chi connectivity index (χ3n) is 3.07. The van der Waals surface area contributed by atoms with Crippen LogP contribution < -0.4 is 10.2 Å². The number of nitrogens with zero attached hydrogens (tertiary/aromatic N) is 1. The zero-order valence-electron chi connectivity index (χ0n) is 11.5. The predicted molar refractivity (Wildman–Crippen MR) is 79.5 cm³/mol. The van der Waals surface area contributed by atoms with E-state index in [0.717, 1.165) is 11.4 Å². The van der Waals surface area contributed by atoms with Gasteiger partial charge in [-0.1, -0.05) is 12.1 Å². The predicted octanol–water partition coefficient (Wildman–Crippen LogP) is 2.48. The normalized spacial score (nSPS) is 10.3. The summed E-state index contributed by atoms with van der Waals surface area (Å²) in [5.74, 6) is -1.13. The van der Waals surface area contributed by atoms with Gasteiger partial charge in [0.05, 0.1) is 11.4 Å². The Balaban J connectivity index is 2.20. The van der Waals surface area contributed by atoms with Crippen LogP contribution in [0, 0.1) is 0 Å². The number of aromatic hydroxyl groups is 3. The molecule has 0 heterocycles. The average Bonchev–Trinajstić information content (AvgIpc) is 2.44. The van der Waals surface area contributed by atoms with Gasteiger partial charge in [-0.15, -0.1) is 0 Å². The molecule has 2 aromatic carbocycles. The standard InChI is InChI=1S/C15H18N2O3/c1-17(2)12-6-4-3-5-11(12)16-9-10-7-8-13(18)15(20)14(10)19/h3-8,16,18-20H,9H2,1-2H3. The number of para-hydroxylation sites is 2. The van der Waals surface area contributed by atoms with Crippen molar-refractivity contribution < 1.29 is 15.3 Å². The monoisotopic (exact) mass is 274 g/mol. The zero-order valence-corrected chi connectivity index (χ0v) is 11.5. The van der Waals surface area contributed by atoms with Crippen molar-refractivity contribution in [2.45, 2.75) is 6.54 Å². The lowest BCUT2D eigenvalue weighted by molar-refractivity contribution is 0.365. The average molecular weight is 274 g/mol. The summed E-state index contributed by atoms with van der Waals surface area (Å²) in [6.45, 7) is 0.338. The molecule has 5 heteroatoms. The minimum atomic E-state index is -0.495. The first-order valence-electron chi connectivity index (χ1n) is 6.23. The molecule has 4 N–H and O–H groups in total. The van der Waals surface area contributed by atoms with Gasteiger partial charge in [0.15, 0.2) is 11.5 Å². The van der Waals surface area contributed by atoms with E-state index in [4.69, 9.17) is 0 Å². The number of benzene rings is 2. The first-order chi connectivity index (χ1) is 9.50. The van der Waals surface area contributed by atoms with E-state index in [1.165, 1.54) is 6.07 Å². The first-order valence-corrected chi connectivity index (χ1v) is 6.23. The summed E-state index contributed by atoms with van der Waals surface area (Å²) < 4.78 is 0. The van der Waals surface area contributed by atoms with Crippen molar-refractivity contribution in [2.24, 2.45) is 0 Å². The molecule has 5 nitrogen and oxygen atoms in total. The fourth-order valence-electron chi connectivity index (χ4n) is 1.96. The molecule has 106 valence electrons. The number of anilines is 2. The number of rotatable bonds is 4. The summed E-state index contributed by atoms with van der Waals surface area (Å²) in [5, 5.41) is 31.8. The molecule has 20 heavy (non-hydrogen) atoms. The molecule has 0 saturated heterocycles. The molecule has 0 bridgehead atoms. The SMILES string of the molecule is CN(C)c1ccccc1NCc1ccc(O)c(O)c1O. The topological polar surface area (TPSA) is 76.0 Å². The molecule has 0 saturated carbocycles. The fourth-order valence-corrected chi connectivity index (χ4v) is 1.96. The second-order valence-electron chi connectivity index (χ2n) is 4.71. The lowest BCUT2D eigenvalue weighted by atomic mass is 10.1. The molecule has 0 aliphatic rings. The number of hydrogen-bond acceptors (Lipinski definition) is 5. The Bertz CT molecular complexity index is 612. The molecule has 2 aromatic rings. The van der Waals surface area contributed by atoms with E-state index < -0.39 is 5.75 Å². The van der Waals surface area contributed by atoms with E-state index in [0.29, 0.717) is 12.1 Å². The van der Waals surface area contributed by atoms with Gasteiger partial charge in [-0.25, -0.2) is 0 Å². The van der Waals surface area contributed by atoms with Crippen LogP contribution in [0.5, 0.6) is 17.2 Å². The number of phenolic OH excluding ortho intramolecular Hbond substituents is 3. The lowest BCUT2D eigenvalue weighted by Gasteiger charge is -2.18. The highest BCUT2D eigenvalue weighted by Crippen LogP contribution is 2.37. The Kier molecular flexibility index (Phi) is 3.89. The lowest BCUT2D eigenvalue weighted by Crippen LogP contribution is -2.12. The summed E-state index contributed by atoms with van der Waals surface area (Å²) in [5.41, 5.74) is 2.45. The molecule has 0 spiro atoms. The van der Waals surface area contributed by atoms with Crippen molar-refractivity contribution in [3.63, 3.8) is 0 Å². The van der Waals surface area contributed by atoms with Gasteiger partial charge in [-0.05, 0) is 24.3 Å². The van der Waals surface area contributed by atoms with Gasteiger partial charge >= 0.3 is 0 Å². The third-order valence-corrected chi connectivity index (χ3v) is 3.07. The number of hydrogen-bond donors (Lipinski definition) is 4. The highest BCUT2D eigenvalue weighted by molar-refractivity contribution is 5.69. The van der Waals surface area contributed by atoms with Gasteiger partial charge in [0, 0.05) is 26.2 Å². The quantitative estimate of drug-likeness (QED) is 0.644. The van der Waals surface area contributed by atoms with E-state index in [1.54, 1.807) is 6.07 Å². The van der Waals surface area contributed by atoms with Crippen LogP contribution in [0.1, 0.15) is 5.56 Å². The number of phenols is 3. The van der Waals surface area contributed by atoms with E-state index in [1.807, 2.05) is 43.3 Å². The Morgan fingerprint density at radius 1 is 0.950 bits per heavy atom. The van der Waals surface area contributed by atoms with Gasteiger partial charge < -0.3 is 25.5 Å². The van der Waals surface area contributed by atoms with Crippen molar-refractivity contribution >= 4 is 11.4 Å². The first kappa shape index (κ1) is 13.9. The van der Waals surface area contributed by atoms with Gasteiger partial charge in [0.25, 0.3) is 0 Å². The molecule has 0 unspecified atom stereocenters. The van der Waals surface area contributed by atoms with Gasteiger partial charge in [-0.3, -0.25) is 0 Å². The smallest absolute Gasteiger partial charge is 0.200 e. The van der Waals surface area contributed by atoms with E-state index >= 15 is 0 Å². The Morgan fingerprint density at radius 3 is 2.35 bits per heavy atom. The van der Waals surface area contributed by atoms with Gasteiger partial charge in [0.1, 0.15) is 0 Å². The molecular formula is C15H18N2O3. The van der Waals surface area contributed by atoms with Crippen LogP contribution in [-0.2, 0) is 6.54 Å². The van der Waals surface area contributed by atoms with Crippen LogP contribution in [0.25, 0.3) is 0 Å². The maximum atomic E-state index is 9.77. The van der Waals surface area contributed by atoms with E-state index in [2.05, 4.69) is 5.32 Å². The summed E-state index contributed by atoms with van der Waals surface area (Å²) in [7, 11) is 3.90. The maximum Gasteiger partial charge on any atom is 0.200 e. The van der Waals surface area contributed by atoms with Crippen LogP contribution in [0.4, 0.5) is 11.4 Å². The van der Waals surface area contributed by atoms with Crippen LogP contribution in [0.15, 0.2) is 36.4 Å². The Morgan fingerprint density at radius 2 is 1.65 bits per heavy atom. The Labute approximate surface area is 117 Å². The molecule has 0 radical (unpaired) electrons. The molecule has 0 aliphatic carbocycles. The molecule has 0 atom stereocenters. The highest BCUT2D eigenvalue weighted by Gasteiger charge is 2.11. The second kappa shape index (κ2) is 5.61. The molecule has 0 aliphatic heterocycles. The van der Waals surface area contributed by atoms with E-state index in [9.17, 15) is 15.3 Å². The largest absolute Gasteiger partial charge is 0.504 e. The van der Waals surface area contributed by atoms with Crippen LogP contribution in [-0.4, -0.2) is 29.4 Å². The molecule has 2 rings (SSSR count). The molecule has 0 amide bonds. The summed E-state index contributed by atoms with van der Waals surface area (Å²) >= 11 is 0. The Hall–Kier alpha value is -2.56. The minimum absolute atomic E-state index is 0.306. The molecule has 0 aromatic heterocycles. The second-order valence-corrected chi connectivity index (χ2v) is 4.71. The third kappa shape index (κ3) is 2.71. The van der Waals surface area contributed by atoms with E-state index in [-0.39, 0.29) is 11.5 Å². The van der Waals surface area contributed by atoms with Crippen LogP contribution >= 0.6 is 0 Å². The maximum absolute atomic E-state index is 9.77. The van der Waals surface area contributed by atoms with Crippen LogP contribution in [0.3, 0.4) is 0 Å². The van der Waals surface area contributed by atoms with Crippen molar-refractivity contribution in [2.75, 3.05) is 24.3 Å². The van der Waals surface area contributed by atoms with Crippen molar-refractivity contribution in [1.29, 1.82) is 0 Å². The summed E-state index contributed by atoms with van der Waals surface area (Å²) in [6.07, 6.45) is 0. The fraction of sp³-hybridized carbons (Fsp3) is 0.200. The van der Waals surface area contributed by atoms with Gasteiger partial charge in [0.2, 0.25) is 5.75 Å². The molecule has 0 fully saturated rings. The van der Waals surface area contributed by atoms with Crippen molar-refractivity contribution in [3.05, 3.63) is 42.0 Å².